The zero-order chi connectivity index (χ0) is 16.1. The van der Waals surface area contributed by atoms with Gasteiger partial charge in [-0.15, -0.1) is 0 Å². The van der Waals surface area contributed by atoms with Crippen LogP contribution >= 0.6 is 0 Å². The van der Waals surface area contributed by atoms with Crippen molar-refractivity contribution in [2.45, 2.75) is 26.3 Å². The van der Waals surface area contributed by atoms with Crippen LogP contribution in [0.3, 0.4) is 0 Å². The van der Waals surface area contributed by atoms with Crippen LogP contribution in [0.5, 0.6) is 0 Å². The highest BCUT2D eigenvalue weighted by molar-refractivity contribution is 5.90. The molecule has 0 saturated carbocycles. The van der Waals surface area contributed by atoms with Gasteiger partial charge in [-0.3, -0.25) is 14.3 Å². The third-order valence-electron chi connectivity index (χ3n) is 3.23. The van der Waals surface area contributed by atoms with Crippen LogP contribution in [-0.2, 0) is 16.6 Å². The maximum Gasteiger partial charge on any atom is 0.227 e. The SMILES string of the molecule is CC(=O)N[C@H](CC(=O)Nc1ccn(C)n1)c1ccc(C)cc1. The molecule has 6 nitrogen and oxygen atoms in total. The number of carbonyl (C=O) groups excluding carboxylic acids is 2. The topological polar surface area (TPSA) is 76.0 Å². The molecular weight excluding hydrogens is 280 g/mol. The van der Waals surface area contributed by atoms with E-state index in [1.165, 1.54) is 6.92 Å². The fourth-order valence-corrected chi connectivity index (χ4v) is 2.16. The Balaban J connectivity index is 2.07. The first-order valence-corrected chi connectivity index (χ1v) is 7.07. The smallest absolute Gasteiger partial charge is 0.227 e. The molecule has 0 radical (unpaired) electrons. The number of rotatable bonds is 5. The average molecular weight is 300 g/mol. The van der Waals surface area contributed by atoms with Crippen LogP contribution in [0, 0.1) is 6.92 Å². The summed E-state index contributed by atoms with van der Waals surface area (Å²) in [7, 11) is 1.78. The molecule has 116 valence electrons. The molecule has 6 heteroatoms. The van der Waals surface area contributed by atoms with Crippen molar-refractivity contribution in [3.05, 3.63) is 47.7 Å². The van der Waals surface area contributed by atoms with E-state index in [0.29, 0.717) is 5.82 Å². The summed E-state index contributed by atoms with van der Waals surface area (Å²) in [5, 5.41) is 9.64. The number of amides is 2. The second kappa shape index (κ2) is 6.89. The normalized spacial score (nSPS) is 11.8. The number of aryl methyl sites for hydroxylation is 2. The lowest BCUT2D eigenvalue weighted by Crippen LogP contribution is -2.29. The fourth-order valence-electron chi connectivity index (χ4n) is 2.16. The lowest BCUT2D eigenvalue weighted by Gasteiger charge is -2.18. The van der Waals surface area contributed by atoms with Crippen LogP contribution in [0.1, 0.15) is 30.5 Å². The Kier molecular flexibility index (Phi) is 4.93. The molecule has 2 aromatic rings. The Bertz CT molecular complexity index is 661. The summed E-state index contributed by atoms with van der Waals surface area (Å²) < 4.78 is 1.61. The van der Waals surface area contributed by atoms with E-state index in [1.807, 2.05) is 31.2 Å². The number of anilines is 1. The Labute approximate surface area is 129 Å². The highest BCUT2D eigenvalue weighted by Crippen LogP contribution is 2.18. The fraction of sp³-hybridized carbons (Fsp3) is 0.312. The first kappa shape index (κ1) is 15.8. The Morgan fingerprint density at radius 1 is 1.23 bits per heavy atom. The van der Waals surface area contributed by atoms with Crippen molar-refractivity contribution in [1.82, 2.24) is 15.1 Å². The van der Waals surface area contributed by atoms with Crippen LogP contribution in [0.4, 0.5) is 5.82 Å². The molecule has 1 heterocycles. The van der Waals surface area contributed by atoms with Crippen molar-refractivity contribution < 1.29 is 9.59 Å². The summed E-state index contributed by atoms with van der Waals surface area (Å²) >= 11 is 0. The van der Waals surface area contributed by atoms with Gasteiger partial charge in [-0.05, 0) is 12.5 Å². The molecule has 1 aromatic heterocycles. The van der Waals surface area contributed by atoms with Crippen LogP contribution in [0.25, 0.3) is 0 Å². The number of nitrogens with one attached hydrogen (secondary N) is 2. The summed E-state index contributed by atoms with van der Waals surface area (Å²) in [6, 6.07) is 9.12. The van der Waals surface area contributed by atoms with Crippen LogP contribution in [0.15, 0.2) is 36.5 Å². The number of carbonyl (C=O) groups is 2. The Hall–Kier alpha value is -2.63. The number of benzene rings is 1. The van der Waals surface area contributed by atoms with Gasteiger partial charge in [-0.25, -0.2) is 0 Å². The van der Waals surface area contributed by atoms with E-state index in [2.05, 4.69) is 15.7 Å². The standard InChI is InChI=1S/C16H20N4O2/c1-11-4-6-13(7-5-11)14(17-12(2)21)10-16(22)18-15-8-9-20(3)19-15/h4-9,14H,10H2,1-3H3,(H,17,21)(H,18,19,22)/t14-/m1/s1. The van der Waals surface area contributed by atoms with Crippen molar-refractivity contribution in [3.8, 4) is 0 Å². The molecule has 2 amide bonds. The van der Waals surface area contributed by atoms with E-state index < -0.39 is 0 Å². The molecule has 0 aliphatic rings. The molecule has 22 heavy (non-hydrogen) atoms. The predicted octanol–water partition coefficient (Wildman–Crippen LogP) is 1.93. The van der Waals surface area contributed by atoms with E-state index in [1.54, 1.807) is 24.0 Å². The van der Waals surface area contributed by atoms with Crippen LogP contribution < -0.4 is 10.6 Å². The van der Waals surface area contributed by atoms with Gasteiger partial charge in [0.2, 0.25) is 11.8 Å². The number of nitrogens with zero attached hydrogens (tertiary/aromatic N) is 2. The monoisotopic (exact) mass is 300 g/mol. The highest BCUT2D eigenvalue weighted by Gasteiger charge is 2.17. The van der Waals surface area contributed by atoms with E-state index in [4.69, 9.17) is 0 Å². The zero-order valence-electron chi connectivity index (χ0n) is 13.0. The second-order valence-corrected chi connectivity index (χ2v) is 5.29. The van der Waals surface area contributed by atoms with Gasteiger partial charge in [0.25, 0.3) is 0 Å². The van der Waals surface area contributed by atoms with Gasteiger partial charge in [0.15, 0.2) is 5.82 Å². The minimum atomic E-state index is -0.359. The van der Waals surface area contributed by atoms with Crippen LogP contribution in [-0.4, -0.2) is 21.6 Å². The predicted molar refractivity (Wildman–Crippen MR) is 84.2 cm³/mol. The molecular formula is C16H20N4O2. The van der Waals surface area contributed by atoms with Gasteiger partial charge in [-0.2, -0.15) is 5.10 Å². The molecule has 0 bridgehead atoms. The van der Waals surface area contributed by atoms with Crippen molar-refractivity contribution >= 4 is 17.6 Å². The van der Waals surface area contributed by atoms with Gasteiger partial charge in [0.1, 0.15) is 0 Å². The van der Waals surface area contributed by atoms with Gasteiger partial charge >= 0.3 is 0 Å². The van der Waals surface area contributed by atoms with Crippen molar-refractivity contribution in [3.63, 3.8) is 0 Å². The highest BCUT2D eigenvalue weighted by atomic mass is 16.2. The van der Waals surface area contributed by atoms with Gasteiger partial charge in [-0.1, -0.05) is 29.8 Å². The molecule has 2 rings (SSSR count). The lowest BCUT2D eigenvalue weighted by molar-refractivity contribution is -0.120. The first-order valence-electron chi connectivity index (χ1n) is 7.07. The van der Waals surface area contributed by atoms with E-state index in [9.17, 15) is 9.59 Å². The largest absolute Gasteiger partial charge is 0.349 e. The van der Waals surface area contributed by atoms with Crippen molar-refractivity contribution in [2.75, 3.05) is 5.32 Å². The third-order valence-corrected chi connectivity index (χ3v) is 3.23. The molecule has 1 aromatic carbocycles. The van der Waals surface area contributed by atoms with E-state index in [-0.39, 0.29) is 24.3 Å². The summed E-state index contributed by atoms with van der Waals surface area (Å²) in [6.07, 6.45) is 1.90. The maximum absolute atomic E-state index is 12.1. The first-order chi connectivity index (χ1) is 10.4. The number of aromatic nitrogens is 2. The quantitative estimate of drug-likeness (QED) is 0.886. The lowest BCUT2D eigenvalue weighted by atomic mass is 10.0. The summed E-state index contributed by atoms with van der Waals surface area (Å²) in [5.41, 5.74) is 2.03. The van der Waals surface area contributed by atoms with Crippen molar-refractivity contribution in [1.29, 1.82) is 0 Å². The molecule has 0 saturated heterocycles. The van der Waals surface area contributed by atoms with Crippen molar-refractivity contribution in [2.24, 2.45) is 7.05 Å². The zero-order valence-corrected chi connectivity index (χ0v) is 13.0. The summed E-state index contributed by atoms with van der Waals surface area (Å²) in [6.45, 7) is 3.43. The van der Waals surface area contributed by atoms with Gasteiger partial charge < -0.3 is 10.6 Å². The van der Waals surface area contributed by atoms with E-state index >= 15 is 0 Å². The molecule has 2 N–H and O–H groups in total. The van der Waals surface area contributed by atoms with Crippen LogP contribution in [0.2, 0.25) is 0 Å². The van der Waals surface area contributed by atoms with E-state index in [0.717, 1.165) is 11.1 Å². The molecule has 0 spiro atoms. The Morgan fingerprint density at radius 2 is 1.91 bits per heavy atom. The Morgan fingerprint density at radius 3 is 2.45 bits per heavy atom. The minimum absolute atomic E-state index is 0.152. The van der Waals surface area contributed by atoms with Gasteiger partial charge in [0.05, 0.1) is 12.5 Å². The minimum Gasteiger partial charge on any atom is -0.349 e. The second-order valence-electron chi connectivity index (χ2n) is 5.29. The molecule has 0 aliphatic carbocycles. The van der Waals surface area contributed by atoms with Gasteiger partial charge in [0, 0.05) is 26.2 Å². The number of hydrogen-bond acceptors (Lipinski definition) is 3. The molecule has 1 atom stereocenters. The summed E-state index contributed by atoms with van der Waals surface area (Å²) in [4.78, 5) is 23.5. The number of hydrogen-bond donors (Lipinski definition) is 2. The molecule has 0 fully saturated rings. The third kappa shape index (κ3) is 4.44. The average Bonchev–Trinajstić information content (AvgIpc) is 2.83. The summed E-state index contributed by atoms with van der Waals surface area (Å²) in [5.74, 6) is 0.132. The molecule has 0 aliphatic heterocycles. The molecule has 0 unspecified atom stereocenters. The maximum atomic E-state index is 12.1.